The highest BCUT2D eigenvalue weighted by molar-refractivity contribution is 7.91. The first-order chi connectivity index (χ1) is 14.0. The Kier molecular flexibility index (Phi) is 4.35. The standard InChI is InChI=1S/C19H19F2N5O3S/c1-18(19(7-8-19)30(28,29)26(2)17(22)25-18)13-9-12(4-5-14(13)21)24-16(27)15-6-3-11(20)10-23-15/h3-6,9-10H,7-8H2,1-2H3,(H2,22,25)(H,24,27). The van der Waals surface area contributed by atoms with Crippen molar-refractivity contribution >= 4 is 27.6 Å². The molecule has 8 nitrogen and oxygen atoms in total. The van der Waals surface area contributed by atoms with Gasteiger partial charge < -0.3 is 11.1 Å². The highest BCUT2D eigenvalue weighted by Crippen LogP contribution is 2.60. The number of nitrogens with zero attached hydrogens (tertiary/aromatic N) is 3. The van der Waals surface area contributed by atoms with Crippen molar-refractivity contribution in [2.45, 2.75) is 30.1 Å². The summed E-state index contributed by atoms with van der Waals surface area (Å²) < 4.78 is 53.5. The lowest BCUT2D eigenvalue weighted by atomic mass is 9.86. The Balaban J connectivity index is 1.75. The molecule has 2 heterocycles. The van der Waals surface area contributed by atoms with E-state index >= 15 is 0 Å². The fourth-order valence-electron chi connectivity index (χ4n) is 3.88. The Morgan fingerprint density at radius 2 is 1.93 bits per heavy atom. The molecule has 2 aromatic rings. The normalized spacial score (nSPS) is 23.7. The highest BCUT2D eigenvalue weighted by atomic mass is 32.2. The first kappa shape index (κ1) is 20.2. The van der Waals surface area contributed by atoms with Gasteiger partial charge in [0.25, 0.3) is 5.91 Å². The number of amides is 1. The van der Waals surface area contributed by atoms with Gasteiger partial charge >= 0.3 is 0 Å². The zero-order valence-corrected chi connectivity index (χ0v) is 17.0. The second-order valence-electron chi connectivity index (χ2n) is 7.52. The van der Waals surface area contributed by atoms with E-state index < -0.39 is 37.9 Å². The molecule has 1 aliphatic carbocycles. The van der Waals surface area contributed by atoms with E-state index in [1.54, 1.807) is 0 Å². The van der Waals surface area contributed by atoms with Gasteiger partial charge in [-0.15, -0.1) is 0 Å². The van der Waals surface area contributed by atoms with Gasteiger partial charge in [-0.1, -0.05) is 0 Å². The average molecular weight is 435 g/mol. The van der Waals surface area contributed by atoms with Gasteiger partial charge in [0.2, 0.25) is 16.0 Å². The summed E-state index contributed by atoms with van der Waals surface area (Å²) in [6.07, 6.45) is 1.52. The quantitative estimate of drug-likeness (QED) is 0.764. The van der Waals surface area contributed by atoms with E-state index in [4.69, 9.17) is 5.73 Å². The maximum atomic E-state index is 14.9. The number of pyridine rings is 1. The number of rotatable bonds is 3. The molecule has 30 heavy (non-hydrogen) atoms. The van der Waals surface area contributed by atoms with Crippen molar-refractivity contribution in [1.82, 2.24) is 9.29 Å². The van der Waals surface area contributed by atoms with Gasteiger partial charge in [0.05, 0.1) is 6.20 Å². The van der Waals surface area contributed by atoms with Crippen LogP contribution in [0, 0.1) is 11.6 Å². The number of halogens is 2. The lowest BCUT2D eigenvalue weighted by Gasteiger charge is -2.42. The number of guanidine groups is 1. The zero-order chi connectivity index (χ0) is 21.9. The number of aromatic nitrogens is 1. The van der Waals surface area contributed by atoms with Crippen LogP contribution in [0.1, 0.15) is 35.8 Å². The molecule has 1 saturated carbocycles. The largest absolute Gasteiger partial charge is 0.369 e. The first-order valence-electron chi connectivity index (χ1n) is 9.09. The summed E-state index contributed by atoms with van der Waals surface area (Å²) in [7, 11) is -2.54. The third kappa shape index (κ3) is 2.76. The molecule has 0 radical (unpaired) electrons. The molecule has 1 aromatic heterocycles. The van der Waals surface area contributed by atoms with Gasteiger partial charge in [-0.25, -0.2) is 31.5 Å². The van der Waals surface area contributed by atoms with E-state index in [1.165, 1.54) is 32.2 Å². The summed E-state index contributed by atoms with van der Waals surface area (Å²) in [4.78, 5) is 20.4. The van der Waals surface area contributed by atoms with Crippen LogP contribution in [0.5, 0.6) is 0 Å². The monoisotopic (exact) mass is 435 g/mol. The second-order valence-corrected chi connectivity index (χ2v) is 9.80. The van der Waals surface area contributed by atoms with Crippen LogP contribution in [0.25, 0.3) is 0 Å². The van der Waals surface area contributed by atoms with Gasteiger partial charge in [0.1, 0.15) is 27.6 Å². The molecule has 11 heteroatoms. The number of hydrogen-bond donors (Lipinski definition) is 2. The molecular weight excluding hydrogens is 416 g/mol. The lowest BCUT2D eigenvalue weighted by molar-refractivity contribution is 0.102. The van der Waals surface area contributed by atoms with Crippen molar-refractivity contribution in [2.75, 3.05) is 12.4 Å². The number of sulfonamides is 1. The SMILES string of the molecule is CN1C(N)=NC(C)(c2cc(NC(=O)c3ccc(F)cn3)ccc2F)C2(CC2)S1(=O)=O. The van der Waals surface area contributed by atoms with Crippen LogP contribution < -0.4 is 11.1 Å². The smallest absolute Gasteiger partial charge is 0.274 e. The van der Waals surface area contributed by atoms with Crippen LogP contribution in [0.2, 0.25) is 0 Å². The molecule has 158 valence electrons. The average Bonchev–Trinajstić information content (AvgIpc) is 3.51. The van der Waals surface area contributed by atoms with Crippen molar-refractivity contribution in [3.8, 4) is 0 Å². The molecule has 3 N–H and O–H groups in total. The molecule has 0 saturated heterocycles. The number of anilines is 1. The molecule has 1 unspecified atom stereocenters. The molecule has 1 amide bonds. The number of nitrogens with one attached hydrogen (secondary N) is 1. The molecular formula is C19H19F2N5O3S. The number of hydrogen-bond acceptors (Lipinski definition) is 6. The Bertz CT molecular complexity index is 1180. The second kappa shape index (κ2) is 6.46. The van der Waals surface area contributed by atoms with Crippen LogP contribution in [-0.4, -0.2) is 41.4 Å². The van der Waals surface area contributed by atoms with Gasteiger partial charge in [-0.2, -0.15) is 0 Å². The van der Waals surface area contributed by atoms with Crippen LogP contribution in [0.4, 0.5) is 14.5 Å². The lowest BCUT2D eigenvalue weighted by Crippen LogP contribution is -2.58. The fourth-order valence-corrected chi connectivity index (χ4v) is 5.97. The molecule has 1 spiro atoms. The van der Waals surface area contributed by atoms with E-state index in [2.05, 4.69) is 15.3 Å². The van der Waals surface area contributed by atoms with E-state index in [0.29, 0.717) is 12.8 Å². The van der Waals surface area contributed by atoms with Gasteiger partial charge in [0, 0.05) is 18.3 Å². The summed E-state index contributed by atoms with van der Waals surface area (Å²) in [5, 5.41) is 2.56. The van der Waals surface area contributed by atoms with Crippen molar-refractivity contribution in [3.63, 3.8) is 0 Å². The minimum absolute atomic E-state index is 0.00416. The maximum absolute atomic E-state index is 14.9. The molecule has 4 rings (SSSR count). The topological polar surface area (TPSA) is 118 Å². The van der Waals surface area contributed by atoms with Crippen LogP contribution in [-0.2, 0) is 15.6 Å². The number of carbonyl (C=O) groups excluding carboxylic acids is 1. The Morgan fingerprint density at radius 1 is 1.23 bits per heavy atom. The Hall–Kier alpha value is -3.08. The molecule has 1 atom stereocenters. The molecule has 1 aromatic carbocycles. The number of aliphatic imine (C=N–C) groups is 1. The summed E-state index contributed by atoms with van der Waals surface area (Å²) >= 11 is 0. The summed E-state index contributed by atoms with van der Waals surface area (Å²) in [5.74, 6) is -2.12. The molecule has 1 fully saturated rings. The predicted octanol–water partition coefficient (Wildman–Crippen LogP) is 1.95. The van der Waals surface area contributed by atoms with Crippen molar-refractivity contribution in [3.05, 3.63) is 59.4 Å². The van der Waals surface area contributed by atoms with Crippen molar-refractivity contribution < 1.29 is 22.0 Å². The molecule has 2 aliphatic rings. The fraction of sp³-hybridized carbons (Fsp3) is 0.316. The highest BCUT2D eigenvalue weighted by Gasteiger charge is 2.70. The minimum Gasteiger partial charge on any atom is -0.369 e. The number of benzene rings is 1. The van der Waals surface area contributed by atoms with E-state index in [0.717, 1.165) is 22.6 Å². The zero-order valence-electron chi connectivity index (χ0n) is 16.2. The Morgan fingerprint density at radius 3 is 2.53 bits per heavy atom. The van der Waals surface area contributed by atoms with Crippen LogP contribution in [0.15, 0.2) is 41.5 Å². The minimum atomic E-state index is -3.86. The van der Waals surface area contributed by atoms with Gasteiger partial charge in [-0.3, -0.25) is 4.79 Å². The number of carbonyl (C=O) groups is 1. The van der Waals surface area contributed by atoms with E-state index in [9.17, 15) is 22.0 Å². The van der Waals surface area contributed by atoms with Crippen molar-refractivity contribution in [1.29, 1.82) is 0 Å². The molecule has 1 aliphatic heterocycles. The van der Waals surface area contributed by atoms with Gasteiger partial charge in [-0.05, 0) is 50.1 Å². The first-order valence-corrected chi connectivity index (χ1v) is 10.5. The van der Waals surface area contributed by atoms with E-state index in [-0.39, 0.29) is 22.9 Å². The third-order valence-electron chi connectivity index (χ3n) is 5.82. The van der Waals surface area contributed by atoms with Crippen LogP contribution >= 0.6 is 0 Å². The summed E-state index contributed by atoms with van der Waals surface area (Å²) in [6, 6.07) is 6.11. The summed E-state index contributed by atoms with van der Waals surface area (Å²) in [6.45, 7) is 1.53. The van der Waals surface area contributed by atoms with Crippen LogP contribution in [0.3, 0.4) is 0 Å². The summed E-state index contributed by atoms with van der Waals surface area (Å²) in [5.41, 5.74) is 4.55. The van der Waals surface area contributed by atoms with Gasteiger partial charge in [0.15, 0.2) is 0 Å². The number of nitrogens with two attached hydrogens (primary N) is 1. The van der Waals surface area contributed by atoms with Crippen molar-refractivity contribution in [2.24, 2.45) is 10.7 Å². The maximum Gasteiger partial charge on any atom is 0.274 e. The Labute approximate surface area is 171 Å². The predicted molar refractivity (Wildman–Crippen MR) is 106 cm³/mol. The van der Waals surface area contributed by atoms with E-state index in [1.807, 2.05) is 0 Å². The molecule has 0 bridgehead atoms. The third-order valence-corrected chi connectivity index (χ3v) is 8.52.